The summed E-state index contributed by atoms with van der Waals surface area (Å²) in [4.78, 5) is 25.9. The molecule has 1 heterocycles. The molecule has 1 aromatic rings. The van der Waals surface area contributed by atoms with E-state index in [0.29, 0.717) is 19.4 Å². The minimum Gasteiger partial charge on any atom is -0.352 e. The fraction of sp³-hybridized carbons (Fsp3) is 0.375. The molecular weight excluding hydrogens is 252 g/mol. The molecule has 0 aromatic heterocycles. The third-order valence-electron chi connectivity index (χ3n) is 3.76. The summed E-state index contributed by atoms with van der Waals surface area (Å²) in [6.45, 7) is 4.06. The second-order valence-electron chi connectivity index (χ2n) is 5.04. The van der Waals surface area contributed by atoms with Gasteiger partial charge < -0.3 is 10.2 Å². The van der Waals surface area contributed by atoms with Crippen molar-refractivity contribution in [3.8, 4) is 0 Å². The summed E-state index contributed by atoms with van der Waals surface area (Å²) in [6.07, 6.45) is 2.67. The largest absolute Gasteiger partial charge is 0.352 e. The summed E-state index contributed by atoms with van der Waals surface area (Å²) in [6, 6.07) is 9.53. The van der Waals surface area contributed by atoms with E-state index in [1.165, 1.54) is 0 Å². The van der Waals surface area contributed by atoms with Crippen molar-refractivity contribution in [1.29, 1.82) is 0 Å². The quantitative estimate of drug-likeness (QED) is 0.851. The Morgan fingerprint density at radius 3 is 2.80 bits per heavy atom. The van der Waals surface area contributed by atoms with Gasteiger partial charge in [0.25, 0.3) is 0 Å². The topological polar surface area (TPSA) is 49.4 Å². The van der Waals surface area contributed by atoms with Crippen LogP contribution in [-0.4, -0.2) is 30.3 Å². The number of carbonyl (C=O) groups excluding carboxylic acids is 2. The van der Waals surface area contributed by atoms with E-state index in [1.54, 1.807) is 18.0 Å². The summed E-state index contributed by atoms with van der Waals surface area (Å²) in [7, 11) is 1.77. The second-order valence-corrected chi connectivity index (χ2v) is 5.04. The summed E-state index contributed by atoms with van der Waals surface area (Å²) < 4.78 is 0. The molecule has 20 heavy (non-hydrogen) atoms. The molecule has 1 N–H and O–H groups in total. The van der Waals surface area contributed by atoms with E-state index in [2.05, 4.69) is 11.9 Å². The third kappa shape index (κ3) is 2.90. The number of hydrogen-bond donors (Lipinski definition) is 1. The van der Waals surface area contributed by atoms with E-state index in [1.807, 2.05) is 30.3 Å². The van der Waals surface area contributed by atoms with Crippen LogP contribution in [0.25, 0.3) is 0 Å². The zero-order chi connectivity index (χ0) is 14.5. The van der Waals surface area contributed by atoms with Crippen LogP contribution in [0.3, 0.4) is 0 Å². The lowest BCUT2D eigenvalue weighted by atomic mass is 9.84. The number of amides is 2. The van der Waals surface area contributed by atoms with Crippen molar-refractivity contribution in [2.24, 2.45) is 5.92 Å². The third-order valence-corrected chi connectivity index (χ3v) is 3.76. The monoisotopic (exact) mass is 272 g/mol. The van der Waals surface area contributed by atoms with Gasteiger partial charge in [-0.15, -0.1) is 6.58 Å². The van der Waals surface area contributed by atoms with Gasteiger partial charge in [-0.25, -0.2) is 0 Å². The Hall–Kier alpha value is -2.10. The predicted molar refractivity (Wildman–Crippen MR) is 77.9 cm³/mol. The number of benzene rings is 1. The molecule has 106 valence electrons. The fourth-order valence-corrected chi connectivity index (χ4v) is 2.72. The van der Waals surface area contributed by atoms with Crippen molar-refractivity contribution in [1.82, 2.24) is 10.2 Å². The highest BCUT2D eigenvalue weighted by Gasteiger charge is 2.38. The van der Waals surface area contributed by atoms with Gasteiger partial charge in [0.05, 0.1) is 12.0 Å². The average molecular weight is 272 g/mol. The minimum absolute atomic E-state index is 0.0156. The number of nitrogens with one attached hydrogen (secondary N) is 1. The summed E-state index contributed by atoms with van der Waals surface area (Å²) in [5, 5.41) is 2.84. The van der Waals surface area contributed by atoms with Gasteiger partial charge in [-0.3, -0.25) is 9.59 Å². The maximum Gasteiger partial charge on any atom is 0.225 e. The molecule has 0 unspecified atom stereocenters. The normalized spacial score (nSPS) is 22.4. The summed E-state index contributed by atoms with van der Waals surface area (Å²) in [5.74, 6) is -0.134. The fourth-order valence-electron chi connectivity index (χ4n) is 2.72. The van der Waals surface area contributed by atoms with Gasteiger partial charge >= 0.3 is 0 Å². The highest BCUT2D eigenvalue weighted by atomic mass is 16.2. The van der Waals surface area contributed by atoms with Crippen molar-refractivity contribution in [2.45, 2.75) is 18.9 Å². The highest BCUT2D eigenvalue weighted by Crippen LogP contribution is 2.35. The standard InChI is InChI=1S/C16H20N2O2/c1-3-11-17-16(20)13-9-10-14(19)18(2)15(13)12-7-5-4-6-8-12/h3-8,13,15H,1,9-11H2,2H3,(H,17,20)/t13-,15+/m0/s1. The Balaban J connectivity index is 2.26. The molecule has 0 saturated carbocycles. The molecular formula is C16H20N2O2. The molecule has 1 aliphatic heterocycles. The zero-order valence-corrected chi connectivity index (χ0v) is 11.7. The van der Waals surface area contributed by atoms with E-state index in [4.69, 9.17) is 0 Å². The molecule has 0 spiro atoms. The van der Waals surface area contributed by atoms with Crippen LogP contribution in [0.5, 0.6) is 0 Å². The lowest BCUT2D eigenvalue weighted by molar-refractivity contribution is -0.141. The van der Waals surface area contributed by atoms with Crippen LogP contribution in [-0.2, 0) is 9.59 Å². The molecule has 1 saturated heterocycles. The van der Waals surface area contributed by atoms with Crippen molar-refractivity contribution in [3.05, 3.63) is 48.6 Å². The zero-order valence-electron chi connectivity index (χ0n) is 11.7. The van der Waals surface area contributed by atoms with Crippen molar-refractivity contribution in [3.63, 3.8) is 0 Å². The first-order chi connectivity index (χ1) is 9.65. The number of carbonyl (C=O) groups is 2. The highest BCUT2D eigenvalue weighted by molar-refractivity contribution is 5.84. The summed E-state index contributed by atoms with van der Waals surface area (Å²) >= 11 is 0. The van der Waals surface area contributed by atoms with Crippen LogP contribution < -0.4 is 5.32 Å². The Morgan fingerprint density at radius 2 is 2.15 bits per heavy atom. The molecule has 4 nitrogen and oxygen atoms in total. The van der Waals surface area contributed by atoms with Crippen LogP contribution in [0.1, 0.15) is 24.4 Å². The van der Waals surface area contributed by atoms with Gasteiger partial charge in [0.1, 0.15) is 0 Å². The van der Waals surface area contributed by atoms with Crippen molar-refractivity contribution >= 4 is 11.8 Å². The van der Waals surface area contributed by atoms with Gasteiger partial charge in [0, 0.05) is 20.0 Å². The minimum atomic E-state index is -0.208. The van der Waals surface area contributed by atoms with Gasteiger partial charge in [-0.05, 0) is 12.0 Å². The van der Waals surface area contributed by atoms with Crippen molar-refractivity contribution < 1.29 is 9.59 Å². The van der Waals surface area contributed by atoms with Crippen molar-refractivity contribution in [2.75, 3.05) is 13.6 Å². The number of likely N-dealkylation sites (tertiary alicyclic amines) is 1. The number of rotatable bonds is 4. The maximum atomic E-state index is 12.3. The first kappa shape index (κ1) is 14.3. The Labute approximate surface area is 119 Å². The Kier molecular flexibility index (Phi) is 4.56. The average Bonchev–Trinajstić information content (AvgIpc) is 2.48. The van der Waals surface area contributed by atoms with Crippen LogP contribution in [0.2, 0.25) is 0 Å². The van der Waals surface area contributed by atoms with E-state index < -0.39 is 0 Å². The van der Waals surface area contributed by atoms with E-state index >= 15 is 0 Å². The van der Waals surface area contributed by atoms with Crippen LogP contribution in [0, 0.1) is 5.92 Å². The molecule has 0 bridgehead atoms. The SMILES string of the molecule is C=CCNC(=O)[C@H]1CCC(=O)N(C)[C@@H]1c1ccccc1. The van der Waals surface area contributed by atoms with Crippen LogP contribution >= 0.6 is 0 Å². The number of piperidine rings is 1. The molecule has 1 aliphatic rings. The van der Waals surface area contributed by atoms with Crippen LogP contribution in [0.15, 0.2) is 43.0 Å². The lowest BCUT2D eigenvalue weighted by Gasteiger charge is -2.38. The van der Waals surface area contributed by atoms with E-state index in [-0.39, 0.29) is 23.8 Å². The van der Waals surface area contributed by atoms with E-state index in [9.17, 15) is 9.59 Å². The smallest absolute Gasteiger partial charge is 0.225 e. The molecule has 2 amide bonds. The number of hydrogen-bond acceptors (Lipinski definition) is 2. The first-order valence-corrected chi connectivity index (χ1v) is 6.84. The summed E-state index contributed by atoms with van der Waals surface area (Å²) in [5.41, 5.74) is 1.00. The molecule has 4 heteroatoms. The number of nitrogens with zero attached hydrogens (tertiary/aromatic N) is 1. The van der Waals surface area contributed by atoms with Gasteiger partial charge in [0.15, 0.2) is 0 Å². The molecule has 1 fully saturated rings. The Bertz CT molecular complexity index is 498. The first-order valence-electron chi connectivity index (χ1n) is 6.84. The molecule has 0 radical (unpaired) electrons. The molecule has 2 rings (SSSR count). The predicted octanol–water partition coefficient (Wildman–Crippen LogP) is 1.90. The van der Waals surface area contributed by atoms with E-state index in [0.717, 1.165) is 5.56 Å². The molecule has 0 aliphatic carbocycles. The van der Waals surface area contributed by atoms with Gasteiger partial charge in [0.2, 0.25) is 11.8 Å². The lowest BCUT2D eigenvalue weighted by Crippen LogP contribution is -2.46. The second kappa shape index (κ2) is 6.37. The van der Waals surface area contributed by atoms with Crippen LogP contribution in [0.4, 0.5) is 0 Å². The van der Waals surface area contributed by atoms with Gasteiger partial charge in [-0.2, -0.15) is 0 Å². The Morgan fingerprint density at radius 1 is 1.45 bits per heavy atom. The maximum absolute atomic E-state index is 12.3. The molecule has 2 atom stereocenters. The molecule has 1 aromatic carbocycles. The van der Waals surface area contributed by atoms with Gasteiger partial charge in [-0.1, -0.05) is 36.4 Å².